The Morgan fingerprint density at radius 2 is 1.93 bits per heavy atom. The lowest BCUT2D eigenvalue weighted by Gasteiger charge is -2.10. The Labute approximate surface area is 178 Å². The summed E-state index contributed by atoms with van der Waals surface area (Å²) in [5.74, 6) is -0.474. The summed E-state index contributed by atoms with van der Waals surface area (Å²) < 4.78 is 13.8. The van der Waals surface area contributed by atoms with Crippen LogP contribution in [0.15, 0.2) is 42.7 Å². The number of esters is 1. The number of benzene rings is 1. The van der Waals surface area contributed by atoms with E-state index in [9.17, 15) is 9.59 Å². The highest BCUT2D eigenvalue weighted by molar-refractivity contribution is 6.30. The number of carbonyl (C=O) groups excluding carboxylic acids is 2. The molecule has 0 unspecified atom stereocenters. The van der Waals surface area contributed by atoms with Gasteiger partial charge in [-0.15, -0.1) is 0 Å². The number of amides is 1. The minimum atomic E-state index is -0.605. The third kappa shape index (κ3) is 5.18. The smallest absolute Gasteiger partial charge is 0.361 e. The molecule has 1 amide bonds. The summed E-state index contributed by atoms with van der Waals surface area (Å²) in [5.41, 5.74) is 0.567. The van der Waals surface area contributed by atoms with Crippen molar-refractivity contribution >= 4 is 29.2 Å². The molecule has 0 aliphatic carbocycles. The van der Waals surface area contributed by atoms with E-state index in [1.165, 1.54) is 10.9 Å². The topological polar surface area (TPSA) is 100 Å². The summed E-state index contributed by atoms with van der Waals surface area (Å²) in [7, 11) is 0. The minimum Gasteiger partial charge on any atom is -0.471 e. The van der Waals surface area contributed by atoms with Gasteiger partial charge in [0.25, 0.3) is 5.91 Å². The predicted octanol–water partition coefficient (Wildman–Crippen LogP) is 3.61. The molecule has 10 heteroatoms. The molecule has 30 heavy (non-hydrogen) atoms. The molecule has 0 aliphatic heterocycles. The fourth-order valence-corrected chi connectivity index (χ4v) is 2.70. The van der Waals surface area contributed by atoms with E-state index in [0.29, 0.717) is 17.3 Å². The second kappa shape index (κ2) is 9.45. The van der Waals surface area contributed by atoms with Crippen LogP contribution in [0, 0.1) is 0 Å². The zero-order chi connectivity index (χ0) is 21.7. The molecule has 0 fully saturated rings. The zero-order valence-electron chi connectivity index (χ0n) is 16.8. The average molecular weight is 432 g/mol. The Morgan fingerprint density at radius 3 is 2.60 bits per heavy atom. The number of nitrogens with one attached hydrogen (secondary N) is 1. The van der Waals surface area contributed by atoms with Gasteiger partial charge in [-0.2, -0.15) is 10.2 Å². The summed E-state index contributed by atoms with van der Waals surface area (Å²) in [6.45, 7) is 5.91. The number of nitrogens with zero attached hydrogens (tertiary/aromatic N) is 4. The summed E-state index contributed by atoms with van der Waals surface area (Å²) in [5, 5.41) is 11.6. The summed E-state index contributed by atoms with van der Waals surface area (Å²) in [6.07, 6.45) is 2.77. The molecule has 0 aliphatic rings. The maximum absolute atomic E-state index is 12.8. The lowest BCUT2D eigenvalue weighted by atomic mass is 10.3. The fourth-order valence-electron chi connectivity index (χ4n) is 2.58. The number of hydrogen-bond donors (Lipinski definition) is 1. The van der Waals surface area contributed by atoms with Crippen LogP contribution in [0.5, 0.6) is 5.75 Å². The maximum atomic E-state index is 12.8. The Bertz CT molecular complexity index is 1030. The van der Waals surface area contributed by atoms with Gasteiger partial charge in [-0.3, -0.25) is 9.48 Å². The number of carbonyl (C=O) groups is 2. The van der Waals surface area contributed by atoms with Crippen molar-refractivity contribution in [1.29, 1.82) is 0 Å². The second-order valence-electron chi connectivity index (χ2n) is 6.60. The molecule has 1 aromatic carbocycles. The van der Waals surface area contributed by atoms with Gasteiger partial charge in [0.05, 0.1) is 11.8 Å². The number of aryl methyl sites for hydroxylation is 1. The average Bonchev–Trinajstić information content (AvgIpc) is 3.33. The Hall–Kier alpha value is -3.33. The second-order valence-corrected chi connectivity index (χ2v) is 7.04. The first-order valence-electron chi connectivity index (χ1n) is 9.37. The fraction of sp³-hybridized carbons (Fsp3) is 0.300. The SMILES string of the molecule is CCn1cc(NC(=O)c2ccnn2COc2ccc(Cl)cc2)c(C(=O)OC(C)C)n1. The van der Waals surface area contributed by atoms with E-state index in [1.807, 2.05) is 6.92 Å². The van der Waals surface area contributed by atoms with Gasteiger partial charge in [-0.1, -0.05) is 11.6 Å². The van der Waals surface area contributed by atoms with Gasteiger partial charge in [0, 0.05) is 24.0 Å². The van der Waals surface area contributed by atoms with Gasteiger partial charge in [-0.05, 0) is 51.1 Å². The van der Waals surface area contributed by atoms with E-state index in [-0.39, 0.29) is 29.9 Å². The molecule has 0 saturated heterocycles. The molecule has 3 aromatic rings. The van der Waals surface area contributed by atoms with Crippen LogP contribution in [-0.4, -0.2) is 37.5 Å². The van der Waals surface area contributed by atoms with E-state index < -0.39 is 11.9 Å². The van der Waals surface area contributed by atoms with Crippen LogP contribution >= 0.6 is 11.6 Å². The van der Waals surface area contributed by atoms with Crippen LogP contribution < -0.4 is 10.1 Å². The summed E-state index contributed by atoms with van der Waals surface area (Å²) >= 11 is 5.86. The van der Waals surface area contributed by atoms with Crippen LogP contribution in [0.3, 0.4) is 0 Å². The molecule has 158 valence electrons. The summed E-state index contributed by atoms with van der Waals surface area (Å²) in [6, 6.07) is 8.40. The highest BCUT2D eigenvalue weighted by Crippen LogP contribution is 2.18. The predicted molar refractivity (Wildman–Crippen MR) is 111 cm³/mol. The van der Waals surface area contributed by atoms with Gasteiger partial charge in [0.1, 0.15) is 11.4 Å². The van der Waals surface area contributed by atoms with E-state index in [1.54, 1.807) is 55.1 Å². The molecule has 0 saturated carbocycles. The normalized spacial score (nSPS) is 10.8. The molecule has 0 bridgehead atoms. The standard InChI is InChI=1S/C20H22ClN5O4/c1-4-25-11-16(18(24-25)20(28)30-13(2)3)23-19(27)17-9-10-22-26(17)12-29-15-7-5-14(21)6-8-15/h5-11,13H,4,12H2,1-3H3,(H,23,27). The van der Waals surface area contributed by atoms with Crippen LogP contribution in [0.25, 0.3) is 0 Å². The maximum Gasteiger partial charge on any atom is 0.361 e. The lowest BCUT2D eigenvalue weighted by Crippen LogP contribution is -2.21. The van der Waals surface area contributed by atoms with Gasteiger partial charge >= 0.3 is 5.97 Å². The highest BCUT2D eigenvalue weighted by Gasteiger charge is 2.22. The van der Waals surface area contributed by atoms with Crippen molar-refractivity contribution < 1.29 is 19.1 Å². The third-order valence-corrected chi connectivity index (χ3v) is 4.24. The number of rotatable bonds is 8. The summed E-state index contributed by atoms with van der Waals surface area (Å²) in [4.78, 5) is 25.1. The van der Waals surface area contributed by atoms with Crippen molar-refractivity contribution in [2.24, 2.45) is 0 Å². The van der Waals surface area contributed by atoms with E-state index in [0.717, 1.165) is 0 Å². The van der Waals surface area contributed by atoms with E-state index in [2.05, 4.69) is 15.5 Å². The first kappa shape index (κ1) is 21.4. The van der Waals surface area contributed by atoms with Crippen LogP contribution in [0.2, 0.25) is 5.02 Å². The quantitative estimate of drug-likeness (QED) is 0.547. The van der Waals surface area contributed by atoms with Gasteiger partial charge in [0.2, 0.25) is 0 Å². The Morgan fingerprint density at radius 1 is 1.20 bits per heavy atom. The highest BCUT2D eigenvalue weighted by atomic mass is 35.5. The number of ether oxygens (including phenoxy) is 2. The molecule has 0 spiro atoms. The number of anilines is 1. The van der Waals surface area contributed by atoms with Gasteiger partial charge in [-0.25, -0.2) is 9.48 Å². The van der Waals surface area contributed by atoms with Gasteiger partial charge in [0.15, 0.2) is 12.4 Å². The molecule has 3 rings (SSSR count). The first-order valence-corrected chi connectivity index (χ1v) is 9.75. The molecule has 0 atom stereocenters. The molecular weight excluding hydrogens is 410 g/mol. The van der Waals surface area contributed by atoms with Gasteiger partial charge < -0.3 is 14.8 Å². The minimum absolute atomic E-state index is 0.0217. The molecule has 1 N–H and O–H groups in total. The molecular formula is C20H22ClN5O4. The largest absolute Gasteiger partial charge is 0.471 e. The number of hydrogen-bond acceptors (Lipinski definition) is 6. The number of halogens is 1. The van der Waals surface area contributed by atoms with Crippen LogP contribution in [0.4, 0.5) is 5.69 Å². The Balaban J connectivity index is 1.74. The zero-order valence-corrected chi connectivity index (χ0v) is 17.6. The molecule has 0 radical (unpaired) electrons. The van der Waals surface area contributed by atoms with Crippen molar-refractivity contribution in [2.75, 3.05) is 5.32 Å². The van der Waals surface area contributed by atoms with Crippen LogP contribution in [0.1, 0.15) is 41.7 Å². The van der Waals surface area contributed by atoms with Crippen molar-refractivity contribution in [3.63, 3.8) is 0 Å². The molecule has 9 nitrogen and oxygen atoms in total. The van der Waals surface area contributed by atoms with Crippen LogP contribution in [-0.2, 0) is 18.0 Å². The number of aromatic nitrogens is 4. The Kier molecular flexibility index (Phi) is 6.73. The van der Waals surface area contributed by atoms with Crippen molar-refractivity contribution in [2.45, 2.75) is 40.2 Å². The molecule has 2 aromatic heterocycles. The van der Waals surface area contributed by atoms with E-state index in [4.69, 9.17) is 21.1 Å². The van der Waals surface area contributed by atoms with Crippen molar-refractivity contribution in [3.8, 4) is 5.75 Å². The molecule has 2 heterocycles. The third-order valence-electron chi connectivity index (χ3n) is 3.99. The van der Waals surface area contributed by atoms with Crippen molar-refractivity contribution in [1.82, 2.24) is 19.6 Å². The van der Waals surface area contributed by atoms with Crippen molar-refractivity contribution in [3.05, 3.63) is 59.1 Å². The first-order chi connectivity index (χ1) is 14.4. The van der Waals surface area contributed by atoms with E-state index >= 15 is 0 Å². The monoisotopic (exact) mass is 431 g/mol. The lowest BCUT2D eigenvalue weighted by molar-refractivity contribution is 0.0371.